The number of carbonyl (C=O) groups excluding carboxylic acids is 1. The van der Waals surface area contributed by atoms with Gasteiger partial charge >= 0.3 is 0 Å². The molecule has 2 aromatic carbocycles. The minimum Gasteiger partial charge on any atom is -0.507 e. The van der Waals surface area contributed by atoms with Crippen molar-refractivity contribution in [3.63, 3.8) is 0 Å². The summed E-state index contributed by atoms with van der Waals surface area (Å²) in [6.07, 6.45) is 1.88. The van der Waals surface area contributed by atoms with Crippen molar-refractivity contribution in [1.29, 1.82) is 0 Å². The molecule has 1 saturated carbocycles. The van der Waals surface area contributed by atoms with E-state index in [0.717, 1.165) is 31.0 Å². The van der Waals surface area contributed by atoms with Gasteiger partial charge in [-0.05, 0) is 37.1 Å². The Kier molecular flexibility index (Phi) is 4.27. The van der Waals surface area contributed by atoms with Crippen LogP contribution in [0, 0.1) is 11.6 Å². The SMILES string of the molecule is O=C(Nc1c(F)cccc1Cl)c1cc(F)c(-c2nnc(C3CC3)o2)cc1O. The van der Waals surface area contributed by atoms with Crippen molar-refractivity contribution in [3.8, 4) is 17.2 Å². The van der Waals surface area contributed by atoms with Crippen LogP contribution < -0.4 is 5.32 Å². The molecular weight excluding hydrogens is 380 g/mol. The first-order valence-electron chi connectivity index (χ1n) is 8.05. The molecule has 2 N–H and O–H groups in total. The Balaban J connectivity index is 1.63. The first-order chi connectivity index (χ1) is 12.9. The number of amides is 1. The van der Waals surface area contributed by atoms with Crippen molar-refractivity contribution in [2.75, 3.05) is 5.32 Å². The van der Waals surface area contributed by atoms with Crippen molar-refractivity contribution < 1.29 is 23.1 Å². The van der Waals surface area contributed by atoms with Gasteiger partial charge in [0.05, 0.1) is 21.8 Å². The number of anilines is 1. The quantitative estimate of drug-likeness (QED) is 0.683. The lowest BCUT2D eigenvalue weighted by Crippen LogP contribution is -2.14. The maximum atomic E-state index is 14.5. The zero-order valence-electron chi connectivity index (χ0n) is 13.7. The summed E-state index contributed by atoms with van der Waals surface area (Å²) in [4.78, 5) is 12.3. The normalized spacial score (nSPS) is 13.6. The fourth-order valence-electron chi connectivity index (χ4n) is 2.54. The number of phenols is 1. The minimum absolute atomic E-state index is 0.0293. The number of para-hydroxylation sites is 1. The van der Waals surface area contributed by atoms with Crippen LogP contribution in [0.5, 0.6) is 5.75 Å². The van der Waals surface area contributed by atoms with Gasteiger partial charge in [0, 0.05) is 5.92 Å². The van der Waals surface area contributed by atoms with Gasteiger partial charge in [-0.2, -0.15) is 0 Å². The van der Waals surface area contributed by atoms with E-state index in [0.29, 0.717) is 5.89 Å². The largest absolute Gasteiger partial charge is 0.507 e. The van der Waals surface area contributed by atoms with E-state index in [9.17, 15) is 18.7 Å². The Hall–Kier alpha value is -3.00. The van der Waals surface area contributed by atoms with E-state index in [1.807, 2.05) is 0 Å². The van der Waals surface area contributed by atoms with Crippen LogP contribution in [0.1, 0.15) is 35.0 Å². The molecule has 1 amide bonds. The molecule has 0 spiro atoms. The summed E-state index contributed by atoms with van der Waals surface area (Å²) in [6, 6.07) is 5.70. The molecule has 6 nitrogen and oxygen atoms in total. The molecule has 1 aliphatic rings. The maximum Gasteiger partial charge on any atom is 0.259 e. The Morgan fingerprint density at radius 2 is 2.00 bits per heavy atom. The third kappa shape index (κ3) is 3.35. The van der Waals surface area contributed by atoms with Crippen LogP contribution in [0.25, 0.3) is 11.5 Å². The van der Waals surface area contributed by atoms with Gasteiger partial charge in [0.2, 0.25) is 5.89 Å². The molecule has 0 radical (unpaired) electrons. The molecule has 1 aliphatic carbocycles. The molecule has 1 fully saturated rings. The molecule has 0 aliphatic heterocycles. The fraction of sp³-hybridized carbons (Fsp3) is 0.167. The third-order valence-electron chi connectivity index (χ3n) is 4.13. The summed E-state index contributed by atoms with van der Waals surface area (Å²) in [6.45, 7) is 0. The van der Waals surface area contributed by atoms with Crippen molar-refractivity contribution in [3.05, 3.63) is 58.4 Å². The standard InChI is InChI=1S/C18H12ClF2N3O3/c19-11-2-1-3-12(20)15(11)22-16(26)10-6-13(21)9(7-14(10)25)18-24-23-17(27-18)8-4-5-8/h1-3,6-8,25H,4-5H2,(H,22,26). The van der Waals surface area contributed by atoms with Crippen LogP contribution in [0.2, 0.25) is 5.02 Å². The van der Waals surface area contributed by atoms with Crippen LogP contribution in [-0.4, -0.2) is 21.2 Å². The zero-order chi connectivity index (χ0) is 19.1. The molecular formula is C18H12ClF2N3O3. The maximum absolute atomic E-state index is 14.5. The smallest absolute Gasteiger partial charge is 0.259 e. The molecule has 138 valence electrons. The van der Waals surface area contributed by atoms with E-state index in [4.69, 9.17) is 16.0 Å². The predicted molar refractivity (Wildman–Crippen MR) is 92.7 cm³/mol. The van der Waals surface area contributed by atoms with E-state index in [-0.39, 0.29) is 28.1 Å². The molecule has 0 saturated heterocycles. The number of aromatic hydroxyl groups is 1. The number of aromatic nitrogens is 2. The van der Waals surface area contributed by atoms with Gasteiger partial charge in [-0.25, -0.2) is 8.78 Å². The van der Waals surface area contributed by atoms with E-state index >= 15 is 0 Å². The highest BCUT2D eigenvalue weighted by atomic mass is 35.5. The summed E-state index contributed by atoms with van der Waals surface area (Å²) >= 11 is 5.85. The predicted octanol–water partition coefficient (Wildman–Crippen LogP) is 4.50. The first-order valence-corrected chi connectivity index (χ1v) is 8.43. The molecule has 1 aromatic heterocycles. The monoisotopic (exact) mass is 391 g/mol. The number of nitrogens with one attached hydrogen (secondary N) is 1. The molecule has 0 unspecified atom stereocenters. The van der Waals surface area contributed by atoms with Gasteiger partial charge in [-0.1, -0.05) is 17.7 Å². The van der Waals surface area contributed by atoms with Crippen LogP contribution >= 0.6 is 11.6 Å². The number of phenolic OH excluding ortho intramolecular Hbond substituents is 1. The summed E-state index contributed by atoms with van der Waals surface area (Å²) in [5.41, 5.74) is -0.788. The van der Waals surface area contributed by atoms with Gasteiger partial charge in [-0.3, -0.25) is 4.79 Å². The average molecular weight is 392 g/mol. The molecule has 3 aromatic rings. The lowest BCUT2D eigenvalue weighted by atomic mass is 10.1. The van der Waals surface area contributed by atoms with Crippen molar-refractivity contribution in [2.45, 2.75) is 18.8 Å². The molecule has 4 rings (SSSR count). The van der Waals surface area contributed by atoms with E-state index in [1.54, 1.807) is 0 Å². The highest BCUT2D eigenvalue weighted by molar-refractivity contribution is 6.34. The highest BCUT2D eigenvalue weighted by Crippen LogP contribution is 2.40. The van der Waals surface area contributed by atoms with Crippen molar-refractivity contribution in [1.82, 2.24) is 10.2 Å². The first kappa shape index (κ1) is 17.4. The molecule has 1 heterocycles. The van der Waals surface area contributed by atoms with Gasteiger partial charge in [-0.15, -0.1) is 10.2 Å². The summed E-state index contributed by atoms with van der Waals surface area (Å²) in [5.74, 6) is -2.53. The number of hydrogen-bond donors (Lipinski definition) is 2. The number of carbonyl (C=O) groups is 1. The van der Waals surface area contributed by atoms with E-state index < -0.39 is 28.9 Å². The summed E-state index contributed by atoms with van der Waals surface area (Å²) in [7, 11) is 0. The van der Waals surface area contributed by atoms with Crippen LogP contribution in [-0.2, 0) is 0 Å². The van der Waals surface area contributed by atoms with Crippen LogP contribution in [0.4, 0.5) is 14.5 Å². The van der Waals surface area contributed by atoms with Gasteiger partial charge in [0.15, 0.2) is 0 Å². The lowest BCUT2D eigenvalue weighted by Gasteiger charge is -2.10. The molecule has 9 heteroatoms. The highest BCUT2D eigenvalue weighted by Gasteiger charge is 2.30. The minimum atomic E-state index is -0.922. The number of nitrogens with zero attached hydrogens (tertiary/aromatic N) is 2. The van der Waals surface area contributed by atoms with Gasteiger partial charge in [0.25, 0.3) is 11.8 Å². The molecule has 27 heavy (non-hydrogen) atoms. The number of rotatable bonds is 4. The van der Waals surface area contributed by atoms with E-state index in [2.05, 4.69) is 15.5 Å². The van der Waals surface area contributed by atoms with Gasteiger partial charge in [0.1, 0.15) is 17.4 Å². The fourth-order valence-corrected chi connectivity index (χ4v) is 2.75. The van der Waals surface area contributed by atoms with Crippen molar-refractivity contribution >= 4 is 23.2 Å². The average Bonchev–Trinajstić information content (AvgIpc) is 3.37. The second kappa shape index (κ2) is 6.62. The van der Waals surface area contributed by atoms with Gasteiger partial charge < -0.3 is 14.8 Å². The molecule has 0 bridgehead atoms. The second-order valence-electron chi connectivity index (χ2n) is 6.12. The zero-order valence-corrected chi connectivity index (χ0v) is 14.4. The summed E-state index contributed by atoms with van der Waals surface area (Å²) < 4.78 is 33.7. The summed E-state index contributed by atoms with van der Waals surface area (Å²) in [5, 5.41) is 20.0. The Morgan fingerprint density at radius 3 is 2.70 bits per heavy atom. The molecule has 0 atom stereocenters. The van der Waals surface area contributed by atoms with Crippen molar-refractivity contribution in [2.24, 2.45) is 0 Å². The third-order valence-corrected chi connectivity index (χ3v) is 4.44. The number of hydrogen-bond acceptors (Lipinski definition) is 5. The Bertz CT molecular complexity index is 1030. The lowest BCUT2D eigenvalue weighted by molar-refractivity contribution is 0.102. The van der Waals surface area contributed by atoms with E-state index in [1.165, 1.54) is 12.1 Å². The Labute approximate surface area is 156 Å². The van der Waals surface area contributed by atoms with Crippen LogP contribution in [0.15, 0.2) is 34.7 Å². The second-order valence-corrected chi connectivity index (χ2v) is 6.53. The topological polar surface area (TPSA) is 88.3 Å². The number of halogens is 3. The van der Waals surface area contributed by atoms with Crippen LogP contribution in [0.3, 0.4) is 0 Å². The number of benzene rings is 2. The Morgan fingerprint density at radius 1 is 1.22 bits per heavy atom.